The minimum atomic E-state index is -0.0941. The van der Waals surface area contributed by atoms with E-state index in [0.29, 0.717) is 0 Å². The lowest BCUT2D eigenvalue weighted by Gasteiger charge is -2.28. The van der Waals surface area contributed by atoms with Gasteiger partial charge < -0.3 is 9.32 Å². The third-order valence-electron chi connectivity index (χ3n) is 11.5. The third kappa shape index (κ3) is 4.08. The number of rotatable bonds is 4. The Balaban J connectivity index is 1.10. The molecule has 0 bridgehead atoms. The van der Waals surface area contributed by atoms with E-state index in [9.17, 15) is 0 Å². The topological polar surface area (TPSA) is 16.4 Å². The van der Waals surface area contributed by atoms with Crippen molar-refractivity contribution in [2.75, 3.05) is 4.90 Å². The van der Waals surface area contributed by atoms with E-state index in [0.717, 1.165) is 39.0 Å². The molecule has 0 atom stereocenters. The number of fused-ring (bicyclic) bond motifs is 9. The number of benzene rings is 7. The van der Waals surface area contributed by atoms with E-state index in [1.807, 2.05) is 12.1 Å². The van der Waals surface area contributed by atoms with Crippen LogP contribution in [0.5, 0.6) is 0 Å². The molecule has 0 radical (unpaired) electrons. The Hall–Kier alpha value is -5.86. The summed E-state index contributed by atoms with van der Waals surface area (Å²) in [4.78, 5) is 2.40. The SMILES string of the molecule is CC1(C)c2ccccc2-c2ccc(-c3ccc(N(c4ccc5c(c4)C(C)(C)c4ccccc4-5)c4ccc5oc6ccccc6c5c4)cc3)cc21. The Kier molecular flexibility index (Phi) is 6.01. The molecule has 1 heterocycles. The maximum absolute atomic E-state index is 6.24. The standard InChI is InChI=1S/C48H37NO/c1-47(2)41-14-8-5-11-35(41)37-24-19-31(27-43(37)47)30-17-20-32(21-18-30)49(33-23-26-46-40(28-33)39-13-7-10-16-45(39)50-46)34-22-25-38-36-12-6-9-15-42(36)48(3,4)44(38)29-34/h5-29H,1-4H3. The zero-order chi connectivity index (χ0) is 33.8. The Morgan fingerprint density at radius 1 is 0.380 bits per heavy atom. The zero-order valence-electron chi connectivity index (χ0n) is 28.8. The van der Waals surface area contributed by atoms with Gasteiger partial charge in [0.2, 0.25) is 0 Å². The van der Waals surface area contributed by atoms with Crippen LogP contribution in [0.3, 0.4) is 0 Å². The first-order valence-corrected chi connectivity index (χ1v) is 17.6. The van der Waals surface area contributed by atoms with Crippen LogP contribution < -0.4 is 4.90 Å². The van der Waals surface area contributed by atoms with Crippen LogP contribution >= 0.6 is 0 Å². The van der Waals surface area contributed by atoms with Crippen molar-refractivity contribution in [1.29, 1.82) is 0 Å². The summed E-state index contributed by atoms with van der Waals surface area (Å²) in [6.45, 7) is 9.39. The Labute approximate surface area is 293 Å². The smallest absolute Gasteiger partial charge is 0.135 e. The molecule has 50 heavy (non-hydrogen) atoms. The first-order chi connectivity index (χ1) is 24.3. The molecule has 0 fully saturated rings. The van der Waals surface area contributed by atoms with E-state index >= 15 is 0 Å². The molecule has 0 N–H and O–H groups in total. The summed E-state index contributed by atoms with van der Waals surface area (Å²) in [5, 5.41) is 2.25. The van der Waals surface area contributed by atoms with Crippen LogP contribution in [0, 0.1) is 0 Å². The van der Waals surface area contributed by atoms with Gasteiger partial charge in [0.05, 0.1) is 0 Å². The van der Waals surface area contributed by atoms with Crippen LogP contribution in [0.1, 0.15) is 49.9 Å². The number of nitrogens with zero attached hydrogens (tertiary/aromatic N) is 1. The van der Waals surface area contributed by atoms with Gasteiger partial charge in [0, 0.05) is 38.7 Å². The average molecular weight is 644 g/mol. The summed E-state index contributed by atoms with van der Waals surface area (Å²) in [6, 6.07) is 55.7. The Morgan fingerprint density at radius 3 is 1.60 bits per heavy atom. The Morgan fingerprint density at radius 2 is 0.880 bits per heavy atom. The molecule has 1 aromatic heterocycles. The Bertz CT molecular complexity index is 2650. The van der Waals surface area contributed by atoms with Gasteiger partial charge in [-0.2, -0.15) is 0 Å². The largest absolute Gasteiger partial charge is 0.456 e. The molecule has 240 valence electrons. The summed E-state index contributed by atoms with van der Waals surface area (Å²) in [5.41, 5.74) is 18.4. The van der Waals surface area contributed by atoms with Crippen LogP contribution in [0.2, 0.25) is 0 Å². The first kappa shape index (κ1) is 29.1. The van der Waals surface area contributed by atoms with Crippen LogP contribution in [-0.2, 0) is 10.8 Å². The highest BCUT2D eigenvalue weighted by Gasteiger charge is 2.36. The van der Waals surface area contributed by atoms with Crippen molar-refractivity contribution in [3.63, 3.8) is 0 Å². The second kappa shape index (κ2) is 10.3. The fourth-order valence-corrected chi connectivity index (χ4v) is 8.82. The van der Waals surface area contributed by atoms with Crippen molar-refractivity contribution in [3.05, 3.63) is 174 Å². The molecule has 0 spiro atoms. The molecule has 0 aliphatic heterocycles. The van der Waals surface area contributed by atoms with Crippen LogP contribution in [0.4, 0.5) is 17.1 Å². The van der Waals surface area contributed by atoms with Gasteiger partial charge in [-0.25, -0.2) is 0 Å². The van der Waals surface area contributed by atoms with Gasteiger partial charge in [0.15, 0.2) is 0 Å². The summed E-state index contributed by atoms with van der Waals surface area (Å²) in [6.07, 6.45) is 0. The van der Waals surface area contributed by atoms with E-state index in [2.05, 4.69) is 172 Å². The van der Waals surface area contributed by atoms with Gasteiger partial charge in [0.1, 0.15) is 11.2 Å². The molecule has 0 unspecified atom stereocenters. The van der Waals surface area contributed by atoms with Gasteiger partial charge in [-0.3, -0.25) is 0 Å². The second-order valence-corrected chi connectivity index (χ2v) is 15.0. The molecule has 0 amide bonds. The maximum atomic E-state index is 6.24. The van der Waals surface area contributed by atoms with Gasteiger partial charge in [-0.1, -0.05) is 125 Å². The third-order valence-corrected chi connectivity index (χ3v) is 11.5. The predicted octanol–water partition coefficient (Wildman–Crippen LogP) is 13.3. The second-order valence-electron chi connectivity index (χ2n) is 15.0. The number of hydrogen-bond donors (Lipinski definition) is 0. The molecule has 0 saturated carbocycles. The van der Waals surface area contributed by atoms with E-state index in [-0.39, 0.29) is 10.8 Å². The van der Waals surface area contributed by atoms with Gasteiger partial charge in [-0.05, 0) is 110 Å². The summed E-state index contributed by atoms with van der Waals surface area (Å²) >= 11 is 0. The fourth-order valence-electron chi connectivity index (χ4n) is 8.82. The highest BCUT2D eigenvalue weighted by atomic mass is 16.3. The van der Waals surface area contributed by atoms with Crippen molar-refractivity contribution in [3.8, 4) is 33.4 Å². The van der Waals surface area contributed by atoms with Gasteiger partial charge in [-0.15, -0.1) is 0 Å². The molecular formula is C48H37NO. The molecule has 2 aliphatic carbocycles. The summed E-state index contributed by atoms with van der Waals surface area (Å²) in [7, 11) is 0. The van der Waals surface area contributed by atoms with E-state index in [1.165, 1.54) is 55.6 Å². The quantitative estimate of drug-likeness (QED) is 0.190. The molecule has 8 aromatic rings. The van der Waals surface area contributed by atoms with Crippen LogP contribution in [-0.4, -0.2) is 0 Å². The van der Waals surface area contributed by atoms with Crippen molar-refractivity contribution >= 4 is 39.0 Å². The predicted molar refractivity (Wildman–Crippen MR) is 209 cm³/mol. The highest BCUT2D eigenvalue weighted by Crippen LogP contribution is 2.52. The molecular weight excluding hydrogens is 607 g/mol. The minimum absolute atomic E-state index is 0.0322. The number of para-hydroxylation sites is 1. The monoisotopic (exact) mass is 643 g/mol. The van der Waals surface area contributed by atoms with Crippen molar-refractivity contribution in [2.24, 2.45) is 0 Å². The minimum Gasteiger partial charge on any atom is -0.456 e. The van der Waals surface area contributed by atoms with Crippen LogP contribution in [0.25, 0.3) is 55.3 Å². The number of hydrogen-bond acceptors (Lipinski definition) is 2. The average Bonchev–Trinajstić information content (AvgIpc) is 3.71. The zero-order valence-corrected chi connectivity index (χ0v) is 28.8. The van der Waals surface area contributed by atoms with Gasteiger partial charge in [0.25, 0.3) is 0 Å². The summed E-state index contributed by atoms with van der Waals surface area (Å²) < 4.78 is 6.24. The lowest BCUT2D eigenvalue weighted by atomic mass is 9.81. The molecule has 7 aromatic carbocycles. The van der Waals surface area contributed by atoms with Crippen molar-refractivity contribution in [2.45, 2.75) is 38.5 Å². The van der Waals surface area contributed by atoms with Crippen molar-refractivity contribution < 1.29 is 4.42 Å². The number of anilines is 3. The van der Waals surface area contributed by atoms with Crippen molar-refractivity contribution in [1.82, 2.24) is 0 Å². The normalized spacial score (nSPS) is 14.7. The fraction of sp³-hybridized carbons (Fsp3) is 0.125. The van der Waals surface area contributed by atoms with E-state index in [1.54, 1.807) is 0 Å². The lowest BCUT2D eigenvalue weighted by molar-refractivity contribution is 0.660. The highest BCUT2D eigenvalue weighted by molar-refractivity contribution is 6.06. The lowest BCUT2D eigenvalue weighted by Crippen LogP contribution is -2.16. The molecule has 2 nitrogen and oxygen atoms in total. The first-order valence-electron chi connectivity index (χ1n) is 17.6. The summed E-state index contributed by atoms with van der Waals surface area (Å²) in [5.74, 6) is 0. The number of furan rings is 1. The molecule has 2 heteroatoms. The van der Waals surface area contributed by atoms with E-state index in [4.69, 9.17) is 4.42 Å². The van der Waals surface area contributed by atoms with Gasteiger partial charge >= 0.3 is 0 Å². The molecule has 2 aliphatic rings. The molecule has 10 rings (SSSR count). The van der Waals surface area contributed by atoms with E-state index < -0.39 is 0 Å². The maximum Gasteiger partial charge on any atom is 0.135 e. The van der Waals surface area contributed by atoms with Crippen LogP contribution in [0.15, 0.2) is 156 Å². The molecule has 0 saturated heterocycles.